The topological polar surface area (TPSA) is 56.1 Å². The number of hydrogen-bond acceptors (Lipinski definition) is 3. The van der Waals surface area contributed by atoms with Crippen LogP contribution in [0.15, 0.2) is 18.2 Å². The van der Waals surface area contributed by atoms with Crippen molar-refractivity contribution in [1.29, 1.82) is 5.26 Å². The van der Waals surface area contributed by atoms with E-state index in [0.29, 0.717) is 13.1 Å². The molecule has 0 unspecified atom stereocenters. The van der Waals surface area contributed by atoms with Crippen LogP contribution in [0.2, 0.25) is 0 Å². The highest BCUT2D eigenvalue weighted by Crippen LogP contribution is 2.35. The Bertz CT molecular complexity index is 563. The van der Waals surface area contributed by atoms with Gasteiger partial charge in [-0.2, -0.15) is 18.4 Å². The van der Waals surface area contributed by atoms with Crippen LogP contribution in [0.5, 0.6) is 0 Å². The molecule has 1 aliphatic rings. The molecule has 1 fully saturated rings. The quantitative estimate of drug-likeness (QED) is 0.895. The Labute approximate surface area is 113 Å². The minimum atomic E-state index is -4.61. The van der Waals surface area contributed by atoms with Gasteiger partial charge in [0.25, 0.3) is 0 Å². The first kappa shape index (κ1) is 14.3. The van der Waals surface area contributed by atoms with Crippen LogP contribution in [0.3, 0.4) is 0 Å². The van der Waals surface area contributed by atoms with Gasteiger partial charge in [0.1, 0.15) is 0 Å². The number of alkyl halides is 3. The highest BCUT2D eigenvalue weighted by Gasteiger charge is 2.36. The van der Waals surface area contributed by atoms with Gasteiger partial charge < -0.3 is 10.2 Å². The lowest BCUT2D eigenvalue weighted by molar-refractivity contribution is -0.140. The van der Waals surface area contributed by atoms with Gasteiger partial charge >= 0.3 is 6.18 Å². The summed E-state index contributed by atoms with van der Waals surface area (Å²) in [6, 6.07) is 5.39. The molecular formula is C13H12F3N3O. The maximum absolute atomic E-state index is 13.1. The van der Waals surface area contributed by atoms with E-state index in [1.807, 2.05) is 0 Å². The van der Waals surface area contributed by atoms with Crippen LogP contribution < -0.4 is 5.32 Å². The van der Waals surface area contributed by atoms with Crippen LogP contribution in [0, 0.1) is 11.3 Å². The summed E-state index contributed by atoms with van der Waals surface area (Å²) < 4.78 is 39.2. The monoisotopic (exact) mass is 283 g/mol. The molecule has 1 amide bonds. The summed E-state index contributed by atoms with van der Waals surface area (Å²) in [4.78, 5) is 13.0. The number of nitrogens with one attached hydrogen (secondary N) is 1. The molecule has 0 bridgehead atoms. The minimum absolute atomic E-state index is 0.0493. The number of nitrogens with zero attached hydrogens (tertiary/aromatic N) is 2. The molecule has 1 saturated heterocycles. The maximum atomic E-state index is 13.1. The molecule has 0 aromatic heterocycles. The number of rotatable bonds is 2. The second kappa shape index (κ2) is 5.51. The minimum Gasteiger partial charge on any atom is -0.336 e. The van der Waals surface area contributed by atoms with E-state index in [0.717, 1.165) is 6.07 Å². The average Bonchev–Trinajstić information content (AvgIpc) is 2.40. The molecule has 1 heterocycles. The molecule has 1 aliphatic heterocycles. The van der Waals surface area contributed by atoms with E-state index < -0.39 is 17.3 Å². The van der Waals surface area contributed by atoms with Gasteiger partial charge in [-0.25, -0.2) is 0 Å². The molecule has 0 radical (unpaired) electrons. The number of amides is 1. The van der Waals surface area contributed by atoms with E-state index in [1.54, 1.807) is 6.07 Å². The Morgan fingerprint density at radius 2 is 2.15 bits per heavy atom. The SMILES string of the molecule is N#Cc1cccc(CN2CCNCC2=O)c1C(F)(F)F. The molecule has 1 N–H and O–H groups in total. The van der Waals surface area contributed by atoms with Crippen molar-refractivity contribution < 1.29 is 18.0 Å². The highest BCUT2D eigenvalue weighted by atomic mass is 19.4. The van der Waals surface area contributed by atoms with E-state index in [2.05, 4.69) is 5.32 Å². The van der Waals surface area contributed by atoms with Crippen molar-refractivity contribution in [3.63, 3.8) is 0 Å². The molecule has 4 nitrogen and oxygen atoms in total. The summed E-state index contributed by atoms with van der Waals surface area (Å²) in [6.45, 7) is 0.891. The Kier molecular flexibility index (Phi) is 3.95. The Hall–Kier alpha value is -2.07. The van der Waals surface area contributed by atoms with Crippen LogP contribution in [0.25, 0.3) is 0 Å². The summed E-state index contributed by atoms with van der Waals surface area (Å²) in [6.07, 6.45) is -4.61. The van der Waals surface area contributed by atoms with Crippen LogP contribution in [0.1, 0.15) is 16.7 Å². The number of carbonyl (C=O) groups excluding carboxylic acids is 1. The van der Waals surface area contributed by atoms with E-state index in [1.165, 1.54) is 17.0 Å². The third kappa shape index (κ3) is 2.91. The van der Waals surface area contributed by atoms with Gasteiger partial charge in [0.15, 0.2) is 0 Å². The standard InChI is InChI=1S/C13H12F3N3O/c14-13(15,16)12-9(6-17)2-1-3-10(12)8-19-5-4-18-7-11(19)20/h1-3,18H,4-5,7-8H2. The van der Waals surface area contributed by atoms with Gasteiger partial charge in [-0.1, -0.05) is 12.1 Å². The third-order valence-corrected chi connectivity index (χ3v) is 3.10. The predicted octanol–water partition coefficient (Wildman–Crippen LogP) is 1.51. The molecule has 0 atom stereocenters. The van der Waals surface area contributed by atoms with E-state index >= 15 is 0 Å². The lowest BCUT2D eigenvalue weighted by atomic mass is 10.0. The first-order valence-electron chi connectivity index (χ1n) is 6.01. The van der Waals surface area contributed by atoms with Crippen molar-refractivity contribution in [2.45, 2.75) is 12.7 Å². The van der Waals surface area contributed by atoms with Crippen LogP contribution in [0.4, 0.5) is 13.2 Å². The zero-order valence-electron chi connectivity index (χ0n) is 10.5. The molecule has 7 heteroatoms. The second-order valence-corrected chi connectivity index (χ2v) is 4.44. The van der Waals surface area contributed by atoms with Gasteiger partial charge in [-0.3, -0.25) is 4.79 Å². The number of hydrogen-bond donors (Lipinski definition) is 1. The van der Waals surface area contributed by atoms with Crippen molar-refractivity contribution in [3.05, 3.63) is 34.9 Å². The Balaban J connectivity index is 2.37. The summed E-state index contributed by atoms with van der Waals surface area (Å²) in [7, 11) is 0. The third-order valence-electron chi connectivity index (χ3n) is 3.10. The molecule has 0 aliphatic carbocycles. The van der Waals surface area contributed by atoms with Crippen molar-refractivity contribution in [1.82, 2.24) is 10.2 Å². The first-order valence-corrected chi connectivity index (χ1v) is 6.01. The Morgan fingerprint density at radius 3 is 2.75 bits per heavy atom. The number of halogens is 3. The maximum Gasteiger partial charge on any atom is 0.418 e. The van der Waals surface area contributed by atoms with Gasteiger partial charge in [-0.05, 0) is 11.6 Å². The lowest BCUT2D eigenvalue weighted by Gasteiger charge is -2.28. The van der Waals surface area contributed by atoms with Gasteiger partial charge in [0.2, 0.25) is 5.91 Å². The van der Waals surface area contributed by atoms with Crippen molar-refractivity contribution in [2.75, 3.05) is 19.6 Å². The smallest absolute Gasteiger partial charge is 0.336 e. The summed E-state index contributed by atoms with van der Waals surface area (Å²) in [5, 5.41) is 11.7. The van der Waals surface area contributed by atoms with E-state index in [-0.39, 0.29) is 24.6 Å². The van der Waals surface area contributed by atoms with Crippen LogP contribution in [-0.4, -0.2) is 30.4 Å². The van der Waals surface area contributed by atoms with E-state index in [4.69, 9.17) is 5.26 Å². The van der Waals surface area contributed by atoms with Gasteiger partial charge in [0, 0.05) is 19.6 Å². The van der Waals surface area contributed by atoms with Crippen LogP contribution in [-0.2, 0) is 17.5 Å². The van der Waals surface area contributed by atoms with Crippen molar-refractivity contribution in [3.8, 4) is 6.07 Å². The number of carbonyl (C=O) groups is 1. The fourth-order valence-corrected chi connectivity index (χ4v) is 2.18. The normalized spacial score (nSPS) is 16.1. The molecular weight excluding hydrogens is 271 g/mol. The zero-order valence-corrected chi connectivity index (χ0v) is 10.5. The van der Waals surface area contributed by atoms with Crippen LogP contribution >= 0.6 is 0 Å². The summed E-state index contributed by atoms with van der Waals surface area (Å²) in [5.74, 6) is -0.244. The van der Waals surface area contributed by atoms with Gasteiger partial charge in [0.05, 0.1) is 23.7 Å². The largest absolute Gasteiger partial charge is 0.418 e. The molecule has 1 aromatic carbocycles. The molecule has 0 spiro atoms. The second-order valence-electron chi connectivity index (χ2n) is 4.44. The summed E-state index contributed by atoms with van der Waals surface area (Å²) >= 11 is 0. The number of nitriles is 1. The summed E-state index contributed by atoms with van der Waals surface area (Å²) in [5.41, 5.74) is -1.42. The predicted molar refractivity (Wildman–Crippen MR) is 64.4 cm³/mol. The molecule has 2 rings (SSSR count). The molecule has 106 valence electrons. The first-order chi connectivity index (χ1) is 9.43. The van der Waals surface area contributed by atoms with Crippen molar-refractivity contribution >= 4 is 5.91 Å². The fraction of sp³-hybridized carbons (Fsp3) is 0.385. The molecule has 1 aromatic rings. The van der Waals surface area contributed by atoms with Crippen molar-refractivity contribution in [2.24, 2.45) is 0 Å². The fourth-order valence-electron chi connectivity index (χ4n) is 2.18. The number of benzene rings is 1. The molecule has 20 heavy (non-hydrogen) atoms. The van der Waals surface area contributed by atoms with Gasteiger partial charge in [-0.15, -0.1) is 0 Å². The average molecular weight is 283 g/mol. The Morgan fingerprint density at radius 1 is 1.40 bits per heavy atom. The number of piperazine rings is 1. The lowest BCUT2D eigenvalue weighted by Crippen LogP contribution is -2.47. The van der Waals surface area contributed by atoms with E-state index in [9.17, 15) is 18.0 Å². The zero-order chi connectivity index (χ0) is 14.8. The highest BCUT2D eigenvalue weighted by molar-refractivity contribution is 5.79. The molecule has 0 saturated carbocycles.